The first-order chi connectivity index (χ1) is 15.6. The van der Waals surface area contributed by atoms with E-state index in [-0.39, 0.29) is 12.7 Å². The molecule has 34 heavy (non-hydrogen) atoms. The molecule has 1 rings (SSSR count). The van der Waals surface area contributed by atoms with Crippen LogP contribution in [0.15, 0.2) is 0 Å². The quantitative estimate of drug-likeness (QED) is 0.140. The summed E-state index contributed by atoms with van der Waals surface area (Å²) >= 11 is 0. The molecule has 0 N–H and O–H groups in total. The maximum Gasteiger partial charge on any atom is 0.460 e. The van der Waals surface area contributed by atoms with Crippen molar-refractivity contribution >= 4 is 0 Å². The maximum absolute atomic E-state index is 13.6. The summed E-state index contributed by atoms with van der Waals surface area (Å²) in [6, 6.07) is 0. The molecule has 1 heterocycles. The van der Waals surface area contributed by atoms with Crippen molar-refractivity contribution in [3.63, 3.8) is 0 Å². The van der Waals surface area contributed by atoms with Crippen LogP contribution in [0, 0.1) is 0 Å². The van der Waals surface area contributed by atoms with Crippen LogP contribution in [0.4, 0.5) is 48.3 Å². The molecule has 0 amide bonds. The Morgan fingerprint density at radius 3 is 1.50 bits per heavy atom. The first-order valence-electron chi connectivity index (χ1n) is 11.4. The Morgan fingerprint density at radius 1 is 0.588 bits per heavy atom. The molecule has 1 saturated heterocycles. The van der Waals surface area contributed by atoms with Crippen LogP contribution in [0.5, 0.6) is 0 Å². The van der Waals surface area contributed by atoms with Crippen LogP contribution in [-0.4, -0.2) is 49.4 Å². The van der Waals surface area contributed by atoms with Crippen molar-refractivity contribution < 1.29 is 57.8 Å². The summed E-state index contributed by atoms with van der Waals surface area (Å²) in [5.41, 5.74) is 0. The van der Waals surface area contributed by atoms with Gasteiger partial charge >= 0.3 is 29.9 Å². The second kappa shape index (κ2) is 12.9. The fraction of sp³-hybridized carbons (Fsp3) is 1.00. The molecule has 0 radical (unpaired) electrons. The average Bonchev–Trinajstić information content (AvgIpc) is 3.23. The van der Waals surface area contributed by atoms with Crippen molar-refractivity contribution in [1.82, 2.24) is 0 Å². The molecule has 1 atom stereocenters. The van der Waals surface area contributed by atoms with Gasteiger partial charge in [0.1, 0.15) is 0 Å². The molecular weight excluding hydrogens is 493 g/mol. The van der Waals surface area contributed by atoms with Gasteiger partial charge in [-0.1, -0.05) is 51.4 Å². The average molecular weight is 524 g/mol. The van der Waals surface area contributed by atoms with Crippen LogP contribution in [0.3, 0.4) is 0 Å². The van der Waals surface area contributed by atoms with E-state index in [1.54, 1.807) is 0 Å². The highest BCUT2D eigenvalue weighted by Gasteiger charge is 2.86. The Balaban J connectivity index is 2.18. The van der Waals surface area contributed by atoms with Gasteiger partial charge in [0, 0.05) is 26.1 Å². The zero-order valence-corrected chi connectivity index (χ0v) is 18.7. The molecule has 0 spiro atoms. The highest BCUT2D eigenvalue weighted by atomic mass is 19.4. The molecular formula is C21H31F11O2. The van der Waals surface area contributed by atoms with Gasteiger partial charge in [-0.2, -0.15) is 48.3 Å². The van der Waals surface area contributed by atoms with E-state index in [2.05, 4.69) is 0 Å². The fourth-order valence-electron chi connectivity index (χ4n) is 3.52. The summed E-state index contributed by atoms with van der Waals surface area (Å²) in [5, 5.41) is 0. The van der Waals surface area contributed by atoms with Crippen LogP contribution in [0.2, 0.25) is 0 Å². The van der Waals surface area contributed by atoms with Crippen molar-refractivity contribution in [2.24, 2.45) is 0 Å². The van der Waals surface area contributed by atoms with E-state index in [1.165, 1.54) is 0 Å². The molecule has 204 valence electrons. The van der Waals surface area contributed by atoms with Crippen molar-refractivity contribution in [3.05, 3.63) is 0 Å². The lowest BCUT2D eigenvalue weighted by Gasteiger charge is -2.37. The Labute approximate surface area is 191 Å². The van der Waals surface area contributed by atoms with Gasteiger partial charge in [-0.15, -0.1) is 0 Å². The smallest absolute Gasteiger partial charge is 0.353 e. The normalized spacial score (nSPS) is 18.6. The lowest BCUT2D eigenvalue weighted by Crippen LogP contribution is -2.66. The minimum atomic E-state index is -7.32. The van der Waals surface area contributed by atoms with E-state index < -0.39 is 42.7 Å². The SMILES string of the molecule is FC(F)(F)C(F)(F)C(F)(F)C(F)(F)C(F)(F)CCCCCCCCCCCCOC1CCCO1. The molecule has 0 saturated carbocycles. The lowest BCUT2D eigenvalue weighted by atomic mass is 9.94. The number of hydrogen-bond acceptors (Lipinski definition) is 2. The van der Waals surface area contributed by atoms with E-state index in [0.29, 0.717) is 19.4 Å². The van der Waals surface area contributed by atoms with Crippen molar-refractivity contribution in [2.45, 2.75) is 120 Å². The molecule has 1 unspecified atom stereocenters. The number of unbranched alkanes of at least 4 members (excludes halogenated alkanes) is 9. The summed E-state index contributed by atoms with van der Waals surface area (Å²) in [6.07, 6.45) is -1.85. The topological polar surface area (TPSA) is 18.5 Å². The van der Waals surface area contributed by atoms with Crippen molar-refractivity contribution in [2.75, 3.05) is 13.2 Å². The second-order valence-electron chi connectivity index (χ2n) is 8.52. The summed E-state index contributed by atoms with van der Waals surface area (Å²) in [7, 11) is 0. The molecule has 2 nitrogen and oxygen atoms in total. The summed E-state index contributed by atoms with van der Waals surface area (Å²) in [6.45, 7) is 1.34. The maximum atomic E-state index is 13.6. The van der Waals surface area contributed by atoms with E-state index in [0.717, 1.165) is 58.0 Å². The highest BCUT2D eigenvalue weighted by Crippen LogP contribution is 2.58. The van der Waals surface area contributed by atoms with Gasteiger partial charge in [0.2, 0.25) is 0 Å². The van der Waals surface area contributed by atoms with Gasteiger partial charge in [-0.3, -0.25) is 0 Å². The monoisotopic (exact) mass is 524 g/mol. The van der Waals surface area contributed by atoms with E-state index in [4.69, 9.17) is 9.47 Å². The number of rotatable bonds is 17. The highest BCUT2D eigenvalue weighted by molar-refractivity contribution is 5.06. The van der Waals surface area contributed by atoms with E-state index in [1.807, 2.05) is 0 Å². The third-order valence-corrected chi connectivity index (χ3v) is 5.68. The lowest BCUT2D eigenvalue weighted by molar-refractivity contribution is -0.422. The van der Waals surface area contributed by atoms with E-state index >= 15 is 0 Å². The molecule has 0 aromatic carbocycles. The fourth-order valence-corrected chi connectivity index (χ4v) is 3.52. The Bertz CT molecular complexity index is 574. The zero-order valence-electron chi connectivity index (χ0n) is 18.7. The van der Waals surface area contributed by atoms with Crippen LogP contribution in [0.1, 0.15) is 83.5 Å². The van der Waals surface area contributed by atoms with Gasteiger partial charge in [-0.25, -0.2) is 0 Å². The first kappa shape index (κ1) is 31.2. The Hall–Kier alpha value is -0.850. The van der Waals surface area contributed by atoms with Gasteiger partial charge < -0.3 is 9.47 Å². The molecule has 13 heteroatoms. The number of hydrogen-bond donors (Lipinski definition) is 0. The number of ether oxygens (including phenoxy) is 2. The molecule has 0 aromatic rings. The van der Waals surface area contributed by atoms with Gasteiger partial charge in [0.25, 0.3) is 0 Å². The molecule has 0 aliphatic carbocycles. The molecule has 1 fully saturated rings. The molecule has 0 bridgehead atoms. The van der Waals surface area contributed by atoms with Gasteiger partial charge in [0.15, 0.2) is 6.29 Å². The zero-order chi connectivity index (χ0) is 26.1. The van der Waals surface area contributed by atoms with Crippen LogP contribution >= 0.6 is 0 Å². The Kier molecular flexibility index (Phi) is 11.8. The van der Waals surface area contributed by atoms with Crippen molar-refractivity contribution in [1.29, 1.82) is 0 Å². The minimum absolute atomic E-state index is 0.0759. The summed E-state index contributed by atoms with van der Waals surface area (Å²) < 4.78 is 153. The predicted molar refractivity (Wildman–Crippen MR) is 102 cm³/mol. The van der Waals surface area contributed by atoms with Gasteiger partial charge in [-0.05, 0) is 19.3 Å². The third kappa shape index (κ3) is 8.09. The van der Waals surface area contributed by atoms with E-state index in [9.17, 15) is 48.3 Å². The Morgan fingerprint density at radius 2 is 1.06 bits per heavy atom. The molecule has 1 aliphatic rings. The molecule has 0 aromatic heterocycles. The first-order valence-corrected chi connectivity index (χ1v) is 11.4. The number of alkyl halides is 11. The second-order valence-corrected chi connectivity index (χ2v) is 8.52. The number of halogens is 11. The van der Waals surface area contributed by atoms with Crippen molar-refractivity contribution in [3.8, 4) is 0 Å². The minimum Gasteiger partial charge on any atom is -0.353 e. The van der Waals surface area contributed by atoms with Crippen LogP contribution in [0.25, 0.3) is 0 Å². The summed E-state index contributed by atoms with van der Waals surface area (Å²) in [4.78, 5) is 0. The van der Waals surface area contributed by atoms with Crippen LogP contribution in [-0.2, 0) is 9.47 Å². The largest absolute Gasteiger partial charge is 0.460 e. The predicted octanol–water partition coefficient (Wildman–Crippen LogP) is 8.53. The van der Waals surface area contributed by atoms with Crippen LogP contribution < -0.4 is 0 Å². The standard InChI is InChI=1S/C21H31F11O2/c22-17(23,18(24,25)19(26,27)20(28,29)21(30,31)32)13-9-7-5-3-1-2-4-6-8-10-14-33-16-12-11-15-34-16/h16H,1-15H2. The molecule has 1 aliphatic heterocycles. The van der Waals surface area contributed by atoms with Gasteiger partial charge in [0.05, 0.1) is 0 Å². The summed E-state index contributed by atoms with van der Waals surface area (Å²) in [5.74, 6) is -27.2. The third-order valence-electron chi connectivity index (χ3n) is 5.68.